The molecule has 0 aromatic heterocycles. The number of allylic oxidation sites excluding steroid dienone is 2. The molecule has 4 heteroatoms. The number of aliphatic carboxylic acids is 1. The van der Waals surface area contributed by atoms with E-state index in [4.69, 9.17) is 5.11 Å². The summed E-state index contributed by atoms with van der Waals surface area (Å²) in [6, 6.07) is 0. The summed E-state index contributed by atoms with van der Waals surface area (Å²) in [5.74, 6) is -2.17. The molecule has 0 heterocycles. The molecular formula is C11H14O4. The minimum atomic E-state index is -0.874. The quantitative estimate of drug-likeness (QED) is 0.547. The molecule has 1 saturated carbocycles. The summed E-state index contributed by atoms with van der Waals surface area (Å²) < 4.78 is 4.69. The molecule has 0 amide bonds. The molecule has 1 fully saturated rings. The largest absolute Gasteiger partial charge is 0.481 e. The van der Waals surface area contributed by atoms with Gasteiger partial charge in [-0.15, -0.1) is 0 Å². The van der Waals surface area contributed by atoms with Crippen LogP contribution in [0.25, 0.3) is 0 Å². The Morgan fingerprint density at radius 3 is 2.73 bits per heavy atom. The Morgan fingerprint density at radius 2 is 2.13 bits per heavy atom. The molecule has 4 atom stereocenters. The fraction of sp³-hybridized carbons (Fsp3) is 0.636. The maximum Gasteiger partial charge on any atom is 0.310 e. The van der Waals surface area contributed by atoms with Crippen molar-refractivity contribution in [3.8, 4) is 0 Å². The zero-order valence-electron chi connectivity index (χ0n) is 8.55. The highest BCUT2D eigenvalue weighted by molar-refractivity contribution is 5.82. The molecule has 0 spiro atoms. The average molecular weight is 210 g/mol. The first-order chi connectivity index (χ1) is 7.15. The third-order valence-corrected chi connectivity index (χ3v) is 3.51. The molecule has 82 valence electrons. The summed E-state index contributed by atoms with van der Waals surface area (Å²) in [5.41, 5.74) is 0. The van der Waals surface area contributed by atoms with Crippen LogP contribution in [0.15, 0.2) is 12.2 Å². The van der Waals surface area contributed by atoms with E-state index in [0.29, 0.717) is 0 Å². The van der Waals surface area contributed by atoms with Crippen LogP contribution < -0.4 is 0 Å². The van der Waals surface area contributed by atoms with Crippen LogP contribution in [0.2, 0.25) is 0 Å². The van der Waals surface area contributed by atoms with E-state index in [0.717, 1.165) is 12.8 Å². The molecule has 0 saturated heterocycles. The Bertz CT molecular complexity index is 321. The van der Waals surface area contributed by atoms with E-state index in [2.05, 4.69) is 4.74 Å². The van der Waals surface area contributed by atoms with Gasteiger partial charge in [0.1, 0.15) is 0 Å². The van der Waals surface area contributed by atoms with E-state index in [1.54, 1.807) is 0 Å². The molecule has 4 nitrogen and oxygen atoms in total. The van der Waals surface area contributed by atoms with Gasteiger partial charge in [-0.05, 0) is 24.7 Å². The first kappa shape index (κ1) is 10.2. The van der Waals surface area contributed by atoms with E-state index in [1.807, 2.05) is 12.2 Å². The Kier molecular flexibility index (Phi) is 2.50. The first-order valence-corrected chi connectivity index (χ1v) is 5.12. The van der Waals surface area contributed by atoms with Crippen molar-refractivity contribution in [2.45, 2.75) is 12.8 Å². The molecule has 0 radical (unpaired) electrons. The van der Waals surface area contributed by atoms with Crippen LogP contribution in [0.3, 0.4) is 0 Å². The fourth-order valence-electron chi connectivity index (χ4n) is 2.88. The summed E-state index contributed by atoms with van der Waals surface area (Å²) in [5, 5.41) is 9.14. The van der Waals surface area contributed by atoms with Gasteiger partial charge >= 0.3 is 11.9 Å². The lowest BCUT2D eigenvalue weighted by Gasteiger charge is -2.17. The van der Waals surface area contributed by atoms with Crippen LogP contribution >= 0.6 is 0 Å². The molecule has 0 unspecified atom stereocenters. The van der Waals surface area contributed by atoms with Gasteiger partial charge in [-0.2, -0.15) is 0 Å². The summed E-state index contributed by atoms with van der Waals surface area (Å²) in [6.45, 7) is 0. The number of carboxylic acids is 1. The van der Waals surface area contributed by atoms with E-state index in [-0.39, 0.29) is 17.8 Å². The molecule has 2 aliphatic rings. The van der Waals surface area contributed by atoms with Crippen molar-refractivity contribution in [3.05, 3.63) is 12.2 Å². The normalized spacial score (nSPS) is 37.7. The number of ether oxygens (including phenoxy) is 1. The van der Waals surface area contributed by atoms with Gasteiger partial charge in [0.15, 0.2) is 0 Å². The lowest BCUT2D eigenvalue weighted by atomic mass is 9.88. The molecule has 0 aromatic rings. The third kappa shape index (κ3) is 1.54. The van der Waals surface area contributed by atoms with Crippen molar-refractivity contribution in [1.82, 2.24) is 0 Å². The average Bonchev–Trinajstić information content (AvgIpc) is 2.49. The number of carboxylic acid groups (broad SMARTS) is 1. The fourth-order valence-corrected chi connectivity index (χ4v) is 2.88. The standard InChI is InChI=1S/C11H14O4/c1-15-11(14)9-7-4-2-3-6(5-7)8(9)10(12)13/h2,4,6-9H,3,5H2,1H3,(H,12,13)/t6-,7+,8-,9+/m1/s1. The van der Waals surface area contributed by atoms with Crippen molar-refractivity contribution in [2.24, 2.45) is 23.7 Å². The van der Waals surface area contributed by atoms with Gasteiger partial charge in [-0.3, -0.25) is 9.59 Å². The van der Waals surface area contributed by atoms with Gasteiger partial charge in [0.2, 0.25) is 0 Å². The predicted molar refractivity (Wildman–Crippen MR) is 52.0 cm³/mol. The Labute approximate surface area is 87.9 Å². The molecule has 0 aliphatic heterocycles. The Morgan fingerprint density at radius 1 is 1.40 bits per heavy atom. The van der Waals surface area contributed by atoms with E-state index in [9.17, 15) is 9.59 Å². The Hall–Kier alpha value is -1.32. The van der Waals surface area contributed by atoms with Crippen LogP contribution in [0.5, 0.6) is 0 Å². The second-order valence-electron chi connectivity index (χ2n) is 4.24. The van der Waals surface area contributed by atoms with Crippen LogP contribution in [0.1, 0.15) is 12.8 Å². The van der Waals surface area contributed by atoms with Crippen LogP contribution in [0, 0.1) is 23.7 Å². The Balaban J connectivity index is 2.29. The topological polar surface area (TPSA) is 63.6 Å². The molecule has 2 aliphatic carbocycles. The predicted octanol–water partition coefficient (Wildman–Crippen LogP) is 1.07. The van der Waals surface area contributed by atoms with Crippen LogP contribution in [-0.2, 0) is 14.3 Å². The number of carbonyl (C=O) groups excluding carboxylic acids is 1. The van der Waals surface area contributed by atoms with Crippen molar-refractivity contribution in [3.63, 3.8) is 0 Å². The van der Waals surface area contributed by atoms with Crippen molar-refractivity contribution in [2.75, 3.05) is 7.11 Å². The van der Waals surface area contributed by atoms with Gasteiger partial charge in [-0.25, -0.2) is 0 Å². The number of hydrogen-bond acceptors (Lipinski definition) is 3. The first-order valence-electron chi connectivity index (χ1n) is 5.12. The summed E-state index contributed by atoms with van der Waals surface area (Å²) >= 11 is 0. The number of esters is 1. The summed E-state index contributed by atoms with van der Waals surface area (Å²) in [6.07, 6.45) is 5.51. The van der Waals surface area contributed by atoms with Crippen LogP contribution in [0.4, 0.5) is 0 Å². The molecule has 1 N–H and O–H groups in total. The number of fused-ring (bicyclic) bond motifs is 2. The molecule has 2 bridgehead atoms. The highest BCUT2D eigenvalue weighted by atomic mass is 16.5. The zero-order valence-corrected chi connectivity index (χ0v) is 8.55. The number of hydrogen-bond donors (Lipinski definition) is 1. The molecule has 15 heavy (non-hydrogen) atoms. The van der Waals surface area contributed by atoms with Crippen LogP contribution in [-0.4, -0.2) is 24.2 Å². The van der Waals surface area contributed by atoms with Gasteiger partial charge in [0, 0.05) is 0 Å². The molecular weight excluding hydrogens is 196 g/mol. The highest BCUT2D eigenvalue weighted by Crippen LogP contribution is 2.47. The van der Waals surface area contributed by atoms with Gasteiger partial charge in [-0.1, -0.05) is 12.2 Å². The second-order valence-corrected chi connectivity index (χ2v) is 4.24. The minimum absolute atomic E-state index is 0.0531. The van der Waals surface area contributed by atoms with Crippen molar-refractivity contribution < 1.29 is 19.4 Å². The maximum absolute atomic E-state index is 11.6. The molecule has 2 rings (SSSR count). The molecule has 0 aromatic carbocycles. The third-order valence-electron chi connectivity index (χ3n) is 3.51. The van der Waals surface area contributed by atoms with Gasteiger partial charge < -0.3 is 9.84 Å². The van der Waals surface area contributed by atoms with E-state index < -0.39 is 17.8 Å². The van der Waals surface area contributed by atoms with Crippen molar-refractivity contribution in [1.29, 1.82) is 0 Å². The van der Waals surface area contributed by atoms with Crippen molar-refractivity contribution >= 4 is 11.9 Å². The smallest absolute Gasteiger partial charge is 0.310 e. The maximum atomic E-state index is 11.6. The lowest BCUT2D eigenvalue weighted by molar-refractivity contribution is -0.156. The number of methoxy groups -OCH3 is 1. The van der Waals surface area contributed by atoms with Gasteiger partial charge in [0.25, 0.3) is 0 Å². The lowest BCUT2D eigenvalue weighted by Crippen LogP contribution is -2.31. The summed E-state index contributed by atoms with van der Waals surface area (Å²) in [4.78, 5) is 22.7. The highest BCUT2D eigenvalue weighted by Gasteiger charge is 2.51. The SMILES string of the molecule is COC(=O)[C@@H]1[C@H](C(=O)O)[C@@H]2CC=C[C@H]1C2. The number of carbonyl (C=O) groups is 2. The number of rotatable bonds is 2. The summed E-state index contributed by atoms with van der Waals surface area (Å²) in [7, 11) is 1.31. The second kappa shape index (κ2) is 3.68. The monoisotopic (exact) mass is 210 g/mol. The van der Waals surface area contributed by atoms with E-state index >= 15 is 0 Å². The minimum Gasteiger partial charge on any atom is -0.481 e. The zero-order chi connectivity index (χ0) is 11.0. The van der Waals surface area contributed by atoms with E-state index in [1.165, 1.54) is 7.11 Å². The van der Waals surface area contributed by atoms with Gasteiger partial charge in [0.05, 0.1) is 18.9 Å².